The van der Waals surface area contributed by atoms with Crippen molar-refractivity contribution in [3.05, 3.63) is 35.4 Å². The number of nitrogens with one attached hydrogen (secondary N) is 1. The number of halogens is 3. The van der Waals surface area contributed by atoms with Gasteiger partial charge < -0.3 is 5.32 Å². The van der Waals surface area contributed by atoms with Gasteiger partial charge in [-0.15, -0.1) is 0 Å². The lowest BCUT2D eigenvalue weighted by molar-refractivity contribution is 0.284. The molecule has 0 radical (unpaired) electrons. The summed E-state index contributed by atoms with van der Waals surface area (Å²) < 4.78 is 39.5. The summed E-state index contributed by atoms with van der Waals surface area (Å²) in [5, 5.41) is 2.93. The summed E-state index contributed by atoms with van der Waals surface area (Å²) >= 11 is 0. The Kier molecular flexibility index (Phi) is 3.97. The fraction of sp³-hybridized carbons (Fsp3) is 0.500. The lowest BCUT2D eigenvalue weighted by atomic mass is 10.1. The zero-order chi connectivity index (χ0) is 12.3. The molecule has 0 saturated carbocycles. The quantitative estimate of drug-likeness (QED) is 0.841. The first-order valence-electron chi connectivity index (χ1n) is 5.13. The van der Waals surface area contributed by atoms with Crippen LogP contribution in [0.15, 0.2) is 18.2 Å². The minimum Gasteiger partial charge on any atom is -0.309 e. The minimum absolute atomic E-state index is 0.00600. The molecular formula is C12H16F3N. The van der Waals surface area contributed by atoms with E-state index in [-0.39, 0.29) is 17.6 Å². The largest absolute Gasteiger partial charge is 0.309 e. The van der Waals surface area contributed by atoms with Gasteiger partial charge in [0.05, 0.1) is 0 Å². The average molecular weight is 231 g/mol. The van der Waals surface area contributed by atoms with Gasteiger partial charge in [0.2, 0.25) is 0 Å². The van der Waals surface area contributed by atoms with Crippen LogP contribution in [0.25, 0.3) is 0 Å². The van der Waals surface area contributed by atoms with Gasteiger partial charge in [-0.1, -0.05) is 6.07 Å². The third-order valence-electron chi connectivity index (χ3n) is 2.11. The molecule has 0 heterocycles. The molecular weight excluding hydrogens is 215 g/mol. The van der Waals surface area contributed by atoms with Crippen molar-refractivity contribution in [3.63, 3.8) is 0 Å². The van der Waals surface area contributed by atoms with Crippen LogP contribution in [-0.4, -0.2) is 12.1 Å². The van der Waals surface area contributed by atoms with Gasteiger partial charge in [-0.25, -0.2) is 13.2 Å². The highest BCUT2D eigenvalue weighted by molar-refractivity contribution is 5.21. The number of hydrogen-bond donors (Lipinski definition) is 1. The van der Waals surface area contributed by atoms with Gasteiger partial charge in [0.1, 0.15) is 17.8 Å². The highest BCUT2D eigenvalue weighted by Gasteiger charge is 2.18. The minimum atomic E-state index is -1.47. The fourth-order valence-corrected chi connectivity index (χ4v) is 1.26. The number of rotatable bonds is 3. The molecule has 1 aromatic carbocycles. The van der Waals surface area contributed by atoms with Crippen molar-refractivity contribution in [2.75, 3.05) is 6.54 Å². The van der Waals surface area contributed by atoms with Crippen molar-refractivity contribution in [2.24, 2.45) is 0 Å². The first-order valence-corrected chi connectivity index (χ1v) is 5.13. The molecule has 1 aromatic rings. The SMILES string of the molecule is CC(C)(C)NCC(F)c1ccc(F)cc1F. The number of alkyl halides is 1. The van der Waals surface area contributed by atoms with Gasteiger partial charge in [-0.3, -0.25) is 0 Å². The molecule has 0 aliphatic heterocycles. The van der Waals surface area contributed by atoms with Gasteiger partial charge >= 0.3 is 0 Å². The first kappa shape index (κ1) is 13.0. The van der Waals surface area contributed by atoms with Crippen LogP contribution in [0.5, 0.6) is 0 Å². The van der Waals surface area contributed by atoms with Gasteiger partial charge in [0, 0.05) is 23.7 Å². The van der Waals surface area contributed by atoms with Crippen LogP contribution >= 0.6 is 0 Å². The Balaban J connectivity index is 2.70. The Bertz CT molecular complexity index is 358. The van der Waals surface area contributed by atoms with Crippen LogP contribution in [0.1, 0.15) is 32.5 Å². The molecule has 1 rings (SSSR count). The molecule has 0 bridgehead atoms. The van der Waals surface area contributed by atoms with Crippen LogP contribution in [0.4, 0.5) is 13.2 Å². The Labute approximate surface area is 93.7 Å². The second-order valence-corrected chi connectivity index (χ2v) is 4.76. The fourth-order valence-electron chi connectivity index (χ4n) is 1.26. The van der Waals surface area contributed by atoms with E-state index in [9.17, 15) is 13.2 Å². The Morgan fingerprint density at radius 1 is 1.25 bits per heavy atom. The molecule has 0 amide bonds. The maximum atomic E-state index is 13.6. The third kappa shape index (κ3) is 3.85. The maximum Gasteiger partial charge on any atom is 0.140 e. The summed E-state index contributed by atoms with van der Waals surface area (Å²) in [6, 6.07) is 2.89. The van der Waals surface area contributed by atoms with Gasteiger partial charge in [-0.05, 0) is 26.8 Å². The molecule has 0 saturated heterocycles. The molecule has 1 N–H and O–H groups in total. The highest BCUT2D eigenvalue weighted by Crippen LogP contribution is 2.21. The lowest BCUT2D eigenvalue weighted by Gasteiger charge is -2.22. The van der Waals surface area contributed by atoms with Crippen molar-refractivity contribution in [1.82, 2.24) is 5.32 Å². The number of hydrogen-bond acceptors (Lipinski definition) is 1. The highest BCUT2D eigenvalue weighted by atomic mass is 19.1. The van der Waals surface area contributed by atoms with Crippen molar-refractivity contribution in [1.29, 1.82) is 0 Å². The third-order valence-corrected chi connectivity index (χ3v) is 2.11. The summed E-state index contributed by atoms with van der Waals surface area (Å²) in [6.45, 7) is 5.67. The number of benzene rings is 1. The van der Waals surface area contributed by atoms with Crippen LogP contribution in [-0.2, 0) is 0 Å². The standard InChI is InChI=1S/C12H16F3N/c1-12(2,3)16-7-11(15)9-5-4-8(13)6-10(9)14/h4-6,11,16H,7H2,1-3H3. The van der Waals surface area contributed by atoms with E-state index in [2.05, 4.69) is 5.32 Å². The van der Waals surface area contributed by atoms with Gasteiger partial charge in [-0.2, -0.15) is 0 Å². The van der Waals surface area contributed by atoms with E-state index < -0.39 is 17.8 Å². The summed E-state index contributed by atoms with van der Waals surface area (Å²) in [5.74, 6) is -1.54. The van der Waals surface area contributed by atoms with Gasteiger partial charge in [0.25, 0.3) is 0 Å². The van der Waals surface area contributed by atoms with Crippen molar-refractivity contribution in [2.45, 2.75) is 32.5 Å². The molecule has 1 nitrogen and oxygen atoms in total. The molecule has 1 atom stereocenters. The van der Waals surface area contributed by atoms with E-state index in [1.165, 1.54) is 0 Å². The zero-order valence-electron chi connectivity index (χ0n) is 9.65. The van der Waals surface area contributed by atoms with Crippen molar-refractivity contribution in [3.8, 4) is 0 Å². The lowest BCUT2D eigenvalue weighted by Crippen LogP contribution is -2.38. The summed E-state index contributed by atoms with van der Waals surface area (Å²) in [6.07, 6.45) is -1.47. The average Bonchev–Trinajstić information content (AvgIpc) is 2.13. The molecule has 0 aliphatic carbocycles. The van der Waals surface area contributed by atoms with E-state index in [0.29, 0.717) is 6.07 Å². The summed E-state index contributed by atoms with van der Waals surface area (Å²) in [7, 11) is 0. The Hall–Kier alpha value is -1.03. The maximum absolute atomic E-state index is 13.6. The molecule has 0 spiro atoms. The van der Waals surface area contributed by atoms with Crippen molar-refractivity contribution < 1.29 is 13.2 Å². The van der Waals surface area contributed by atoms with Crippen molar-refractivity contribution >= 4 is 0 Å². The van der Waals surface area contributed by atoms with E-state index in [0.717, 1.165) is 12.1 Å². The molecule has 1 unspecified atom stereocenters. The van der Waals surface area contributed by atoms with E-state index in [1.807, 2.05) is 20.8 Å². The first-order chi connectivity index (χ1) is 7.29. The summed E-state index contributed by atoms with van der Waals surface area (Å²) in [4.78, 5) is 0. The smallest absolute Gasteiger partial charge is 0.140 e. The van der Waals surface area contributed by atoms with Crippen LogP contribution in [0.2, 0.25) is 0 Å². The van der Waals surface area contributed by atoms with E-state index in [4.69, 9.17) is 0 Å². The van der Waals surface area contributed by atoms with E-state index >= 15 is 0 Å². The Morgan fingerprint density at radius 3 is 2.38 bits per heavy atom. The monoisotopic (exact) mass is 231 g/mol. The predicted octanol–water partition coefficient (Wildman–Crippen LogP) is 3.36. The molecule has 4 heteroatoms. The van der Waals surface area contributed by atoms with E-state index in [1.54, 1.807) is 0 Å². The molecule has 90 valence electrons. The molecule has 0 aromatic heterocycles. The molecule has 16 heavy (non-hydrogen) atoms. The second-order valence-electron chi connectivity index (χ2n) is 4.76. The molecule has 0 fully saturated rings. The van der Waals surface area contributed by atoms with Crippen LogP contribution < -0.4 is 5.32 Å². The topological polar surface area (TPSA) is 12.0 Å². The zero-order valence-corrected chi connectivity index (χ0v) is 9.65. The summed E-state index contributed by atoms with van der Waals surface area (Å²) in [5.41, 5.74) is -0.348. The normalized spacial score (nSPS) is 13.9. The second kappa shape index (κ2) is 4.87. The Morgan fingerprint density at radius 2 is 1.88 bits per heavy atom. The van der Waals surface area contributed by atoms with Crippen LogP contribution in [0.3, 0.4) is 0 Å². The molecule has 0 aliphatic rings. The van der Waals surface area contributed by atoms with Gasteiger partial charge in [0.15, 0.2) is 0 Å². The van der Waals surface area contributed by atoms with Crippen LogP contribution in [0, 0.1) is 11.6 Å². The predicted molar refractivity (Wildman–Crippen MR) is 58.0 cm³/mol.